The van der Waals surface area contributed by atoms with Crippen LogP contribution >= 0.6 is 0 Å². The predicted molar refractivity (Wildman–Crippen MR) is 78.7 cm³/mol. The van der Waals surface area contributed by atoms with Gasteiger partial charge in [0.1, 0.15) is 6.04 Å². The van der Waals surface area contributed by atoms with Crippen molar-refractivity contribution in [3.05, 3.63) is 24.2 Å². The molecule has 1 heterocycles. The molecule has 0 saturated heterocycles. The Labute approximate surface area is 124 Å². The first-order valence-electron chi connectivity index (χ1n) is 7.25. The van der Waals surface area contributed by atoms with Gasteiger partial charge in [0.2, 0.25) is 5.91 Å². The first kappa shape index (κ1) is 17.2. The summed E-state index contributed by atoms with van der Waals surface area (Å²) in [5.41, 5.74) is 0. The lowest BCUT2D eigenvalue weighted by Crippen LogP contribution is -2.52. The Morgan fingerprint density at radius 2 is 2.05 bits per heavy atom. The standard InChI is InChI=1S/C15H24N2O4/c1-4-11(7-8-18)16-15(20)13(10(2)3)17-14(19)12-6-5-9-21-12/h5-6,9-11,13,18H,4,7-8H2,1-3H3,(H,16,20)(H,17,19). The van der Waals surface area contributed by atoms with Crippen LogP contribution in [0.4, 0.5) is 0 Å². The summed E-state index contributed by atoms with van der Waals surface area (Å²) in [6.07, 6.45) is 2.64. The summed E-state index contributed by atoms with van der Waals surface area (Å²) in [5, 5.41) is 14.5. The van der Waals surface area contributed by atoms with Crippen molar-refractivity contribution in [2.24, 2.45) is 5.92 Å². The van der Waals surface area contributed by atoms with E-state index in [1.165, 1.54) is 6.26 Å². The fourth-order valence-electron chi connectivity index (χ4n) is 1.98. The molecule has 3 N–H and O–H groups in total. The van der Waals surface area contributed by atoms with E-state index >= 15 is 0 Å². The van der Waals surface area contributed by atoms with E-state index in [0.29, 0.717) is 6.42 Å². The second-order valence-corrected chi connectivity index (χ2v) is 5.30. The van der Waals surface area contributed by atoms with Crippen LogP contribution in [0.25, 0.3) is 0 Å². The van der Waals surface area contributed by atoms with Gasteiger partial charge in [0.15, 0.2) is 5.76 Å². The molecule has 1 aromatic heterocycles. The molecular formula is C15H24N2O4. The van der Waals surface area contributed by atoms with Crippen LogP contribution in [0.5, 0.6) is 0 Å². The minimum Gasteiger partial charge on any atom is -0.459 e. The van der Waals surface area contributed by atoms with Gasteiger partial charge < -0.3 is 20.2 Å². The first-order valence-corrected chi connectivity index (χ1v) is 7.25. The second-order valence-electron chi connectivity index (χ2n) is 5.30. The Bertz CT molecular complexity index is 443. The maximum absolute atomic E-state index is 12.3. The molecule has 0 aromatic carbocycles. The third-order valence-corrected chi connectivity index (χ3v) is 3.30. The minimum atomic E-state index is -0.643. The van der Waals surface area contributed by atoms with Crippen LogP contribution in [0.3, 0.4) is 0 Å². The summed E-state index contributed by atoms with van der Waals surface area (Å²) in [5.74, 6) is -0.541. The Kier molecular flexibility index (Phi) is 6.94. The van der Waals surface area contributed by atoms with Crippen molar-refractivity contribution >= 4 is 11.8 Å². The Balaban J connectivity index is 2.68. The summed E-state index contributed by atoms with van der Waals surface area (Å²) < 4.78 is 5.02. The Morgan fingerprint density at radius 3 is 2.52 bits per heavy atom. The van der Waals surface area contributed by atoms with Gasteiger partial charge in [-0.1, -0.05) is 20.8 Å². The molecule has 2 amide bonds. The molecule has 0 saturated carbocycles. The number of hydrogen-bond acceptors (Lipinski definition) is 4. The van der Waals surface area contributed by atoms with E-state index in [-0.39, 0.29) is 30.2 Å². The van der Waals surface area contributed by atoms with E-state index in [9.17, 15) is 9.59 Å². The van der Waals surface area contributed by atoms with Crippen LogP contribution in [0.2, 0.25) is 0 Å². The molecule has 2 unspecified atom stereocenters. The molecular weight excluding hydrogens is 272 g/mol. The minimum absolute atomic E-state index is 0.0177. The van der Waals surface area contributed by atoms with Crippen molar-refractivity contribution in [1.82, 2.24) is 10.6 Å². The van der Waals surface area contributed by atoms with Crippen LogP contribution in [0.1, 0.15) is 44.2 Å². The average molecular weight is 296 g/mol. The van der Waals surface area contributed by atoms with Gasteiger partial charge in [-0.25, -0.2) is 0 Å². The molecule has 0 aliphatic heterocycles. The largest absolute Gasteiger partial charge is 0.459 e. The SMILES string of the molecule is CCC(CCO)NC(=O)C(NC(=O)c1ccco1)C(C)C. The van der Waals surface area contributed by atoms with Crippen molar-refractivity contribution in [1.29, 1.82) is 0 Å². The molecule has 1 aromatic rings. The normalized spacial score (nSPS) is 13.8. The van der Waals surface area contributed by atoms with Gasteiger partial charge in [0.05, 0.1) is 6.26 Å². The lowest BCUT2D eigenvalue weighted by molar-refractivity contribution is -0.124. The number of aliphatic hydroxyl groups is 1. The van der Waals surface area contributed by atoms with Gasteiger partial charge in [-0.3, -0.25) is 9.59 Å². The van der Waals surface area contributed by atoms with E-state index in [0.717, 1.165) is 6.42 Å². The van der Waals surface area contributed by atoms with Crippen LogP contribution in [-0.4, -0.2) is 35.6 Å². The number of carbonyl (C=O) groups excluding carboxylic acids is 2. The highest BCUT2D eigenvalue weighted by molar-refractivity contribution is 5.95. The monoisotopic (exact) mass is 296 g/mol. The third-order valence-electron chi connectivity index (χ3n) is 3.30. The highest BCUT2D eigenvalue weighted by Gasteiger charge is 2.26. The van der Waals surface area contributed by atoms with Gasteiger partial charge in [0.25, 0.3) is 5.91 Å². The highest BCUT2D eigenvalue weighted by atomic mass is 16.3. The average Bonchev–Trinajstić information content (AvgIpc) is 2.97. The fraction of sp³-hybridized carbons (Fsp3) is 0.600. The number of amides is 2. The lowest BCUT2D eigenvalue weighted by Gasteiger charge is -2.24. The highest BCUT2D eigenvalue weighted by Crippen LogP contribution is 2.07. The maximum Gasteiger partial charge on any atom is 0.287 e. The van der Waals surface area contributed by atoms with Crippen LogP contribution < -0.4 is 10.6 Å². The molecule has 0 aliphatic carbocycles. The number of hydrogen-bond donors (Lipinski definition) is 3. The smallest absolute Gasteiger partial charge is 0.287 e. The van der Waals surface area contributed by atoms with Crippen molar-refractivity contribution in [3.63, 3.8) is 0 Å². The molecule has 0 bridgehead atoms. The Morgan fingerprint density at radius 1 is 1.33 bits per heavy atom. The quantitative estimate of drug-likeness (QED) is 0.674. The maximum atomic E-state index is 12.3. The number of furan rings is 1. The van der Waals surface area contributed by atoms with E-state index in [1.807, 2.05) is 20.8 Å². The zero-order valence-corrected chi connectivity index (χ0v) is 12.8. The van der Waals surface area contributed by atoms with E-state index in [2.05, 4.69) is 10.6 Å². The molecule has 0 radical (unpaired) electrons. The van der Waals surface area contributed by atoms with Gasteiger partial charge in [-0.05, 0) is 30.9 Å². The van der Waals surface area contributed by atoms with E-state index < -0.39 is 11.9 Å². The number of rotatable bonds is 8. The zero-order chi connectivity index (χ0) is 15.8. The third kappa shape index (κ3) is 5.23. The second kappa shape index (κ2) is 8.46. The van der Waals surface area contributed by atoms with Crippen molar-refractivity contribution in [3.8, 4) is 0 Å². The van der Waals surface area contributed by atoms with Gasteiger partial charge in [0, 0.05) is 12.6 Å². The van der Waals surface area contributed by atoms with Crippen LogP contribution in [0.15, 0.2) is 22.8 Å². The molecule has 6 nitrogen and oxygen atoms in total. The molecule has 21 heavy (non-hydrogen) atoms. The lowest BCUT2D eigenvalue weighted by atomic mass is 10.0. The summed E-state index contributed by atoms with van der Waals surface area (Å²) in [4.78, 5) is 24.3. The zero-order valence-electron chi connectivity index (χ0n) is 12.8. The van der Waals surface area contributed by atoms with Crippen molar-refractivity contribution < 1.29 is 19.1 Å². The summed E-state index contributed by atoms with van der Waals surface area (Å²) in [7, 11) is 0. The molecule has 0 fully saturated rings. The van der Waals surface area contributed by atoms with Gasteiger partial charge in [-0.15, -0.1) is 0 Å². The molecule has 118 valence electrons. The van der Waals surface area contributed by atoms with Crippen molar-refractivity contribution in [2.45, 2.75) is 45.7 Å². The molecule has 6 heteroatoms. The first-order chi connectivity index (χ1) is 9.99. The fourth-order valence-corrected chi connectivity index (χ4v) is 1.98. The topological polar surface area (TPSA) is 91.6 Å². The van der Waals surface area contributed by atoms with Gasteiger partial charge in [-0.2, -0.15) is 0 Å². The number of carbonyl (C=O) groups is 2. The summed E-state index contributed by atoms with van der Waals surface area (Å²) in [6.45, 7) is 5.68. The predicted octanol–water partition coefficient (Wildman–Crippen LogP) is 1.31. The molecule has 1 rings (SSSR count). The van der Waals surface area contributed by atoms with E-state index in [4.69, 9.17) is 9.52 Å². The number of aliphatic hydroxyl groups excluding tert-OH is 1. The Hall–Kier alpha value is -1.82. The van der Waals surface area contributed by atoms with Crippen LogP contribution in [-0.2, 0) is 4.79 Å². The van der Waals surface area contributed by atoms with Crippen molar-refractivity contribution in [2.75, 3.05) is 6.61 Å². The molecule has 2 atom stereocenters. The summed E-state index contributed by atoms with van der Waals surface area (Å²) in [6, 6.07) is 2.43. The summed E-state index contributed by atoms with van der Waals surface area (Å²) >= 11 is 0. The van der Waals surface area contributed by atoms with Crippen LogP contribution in [0, 0.1) is 5.92 Å². The number of nitrogens with one attached hydrogen (secondary N) is 2. The van der Waals surface area contributed by atoms with Gasteiger partial charge >= 0.3 is 0 Å². The molecule has 0 aliphatic rings. The molecule has 0 spiro atoms. The van der Waals surface area contributed by atoms with E-state index in [1.54, 1.807) is 12.1 Å².